The first-order valence-corrected chi connectivity index (χ1v) is 14.3. The van der Waals surface area contributed by atoms with Crippen molar-refractivity contribution in [2.45, 2.75) is 6.10 Å². The summed E-state index contributed by atoms with van der Waals surface area (Å²) in [5, 5.41) is 28.8. The zero-order valence-corrected chi connectivity index (χ0v) is 25.4. The van der Waals surface area contributed by atoms with Crippen LogP contribution in [0.5, 0.6) is 0 Å². The number of aromatic nitrogens is 10. The molecule has 1 unspecified atom stereocenters. The standard InChI is InChI=1S/C15H11ClFN5O.C15H9ClFN5O/c2*1-21-11-5-10(17)9(4-8(11)6-19-21)15(23)12-7-18-14-3-2-13(16)20-22(12)14/h2-7,15,23H,1H3;2-7H,1H3. The summed E-state index contributed by atoms with van der Waals surface area (Å²) in [5.41, 5.74) is 2.79. The summed E-state index contributed by atoms with van der Waals surface area (Å²) in [7, 11) is 3.44. The Kier molecular flexibility index (Phi) is 7.19. The van der Waals surface area contributed by atoms with Gasteiger partial charge in [0.1, 0.15) is 33.7 Å². The maximum absolute atomic E-state index is 14.4. The number of rotatable bonds is 4. The monoisotopic (exact) mass is 660 g/mol. The largest absolute Gasteiger partial charge is 0.382 e. The molecule has 12 nitrogen and oxygen atoms in total. The molecule has 2 aromatic carbocycles. The number of nitrogens with zero attached hydrogens (tertiary/aromatic N) is 10. The minimum absolute atomic E-state index is 0.0610. The third-order valence-corrected chi connectivity index (χ3v) is 7.84. The zero-order chi connectivity index (χ0) is 32.3. The number of aryl methyl sites for hydroxylation is 2. The Balaban J connectivity index is 0.000000147. The second kappa shape index (κ2) is 11.2. The average molecular weight is 661 g/mol. The molecule has 0 aliphatic carbocycles. The predicted molar refractivity (Wildman–Crippen MR) is 165 cm³/mol. The number of imidazole rings is 2. The summed E-state index contributed by atoms with van der Waals surface area (Å²) in [6.07, 6.45) is 4.79. The number of aliphatic hydroxyl groups excluding tert-OH is 1. The first-order chi connectivity index (χ1) is 22.1. The minimum atomic E-state index is -1.22. The van der Waals surface area contributed by atoms with E-state index in [0.717, 1.165) is 5.39 Å². The van der Waals surface area contributed by atoms with Gasteiger partial charge in [-0.25, -0.2) is 27.8 Å². The lowest BCUT2D eigenvalue weighted by molar-refractivity contribution is 0.102. The van der Waals surface area contributed by atoms with Crippen LogP contribution in [-0.4, -0.2) is 59.6 Å². The van der Waals surface area contributed by atoms with Gasteiger partial charge in [0.15, 0.2) is 11.3 Å². The fourth-order valence-corrected chi connectivity index (χ4v) is 5.38. The minimum Gasteiger partial charge on any atom is -0.382 e. The predicted octanol–water partition coefficient (Wildman–Crippen LogP) is 5.13. The Hall–Kier alpha value is -5.31. The molecular weight excluding hydrogens is 641 g/mol. The van der Waals surface area contributed by atoms with Crippen LogP contribution in [0, 0.1) is 11.6 Å². The summed E-state index contributed by atoms with van der Waals surface area (Å²) in [5.74, 6) is -1.66. The van der Waals surface area contributed by atoms with E-state index in [1.54, 1.807) is 66.2 Å². The zero-order valence-electron chi connectivity index (χ0n) is 23.8. The van der Waals surface area contributed by atoms with Gasteiger partial charge in [-0.05, 0) is 36.4 Å². The highest BCUT2D eigenvalue weighted by Crippen LogP contribution is 2.29. The smallest absolute Gasteiger partial charge is 0.216 e. The van der Waals surface area contributed by atoms with Gasteiger partial charge in [-0.2, -0.15) is 20.4 Å². The van der Waals surface area contributed by atoms with Crippen molar-refractivity contribution in [3.8, 4) is 0 Å². The number of aliphatic hydroxyl groups is 1. The van der Waals surface area contributed by atoms with Crippen LogP contribution < -0.4 is 0 Å². The topological polar surface area (TPSA) is 133 Å². The Bertz CT molecular complexity index is 2470. The number of hydrogen-bond donors (Lipinski definition) is 1. The molecule has 0 amide bonds. The maximum atomic E-state index is 14.4. The molecule has 8 rings (SSSR count). The fraction of sp³-hybridized carbons (Fsp3) is 0.100. The summed E-state index contributed by atoms with van der Waals surface area (Å²) in [6, 6.07) is 12.2. The van der Waals surface area contributed by atoms with Gasteiger partial charge in [0.05, 0.1) is 47.1 Å². The molecule has 0 aliphatic heterocycles. The molecule has 6 aromatic heterocycles. The normalized spacial score (nSPS) is 12.2. The van der Waals surface area contributed by atoms with E-state index in [1.807, 2.05) is 0 Å². The summed E-state index contributed by atoms with van der Waals surface area (Å²) in [4.78, 5) is 20.9. The second-order valence-corrected chi connectivity index (χ2v) is 11.0. The summed E-state index contributed by atoms with van der Waals surface area (Å²) in [6.45, 7) is 0. The third-order valence-electron chi connectivity index (χ3n) is 7.44. The van der Waals surface area contributed by atoms with Gasteiger partial charge < -0.3 is 5.11 Å². The van der Waals surface area contributed by atoms with E-state index in [-0.39, 0.29) is 27.1 Å². The van der Waals surface area contributed by atoms with Gasteiger partial charge in [0.2, 0.25) is 5.78 Å². The van der Waals surface area contributed by atoms with Crippen LogP contribution in [0.4, 0.5) is 8.78 Å². The van der Waals surface area contributed by atoms with E-state index in [1.165, 1.54) is 39.6 Å². The van der Waals surface area contributed by atoms with E-state index >= 15 is 0 Å². The number of halogens is 4. The van der Waals surface area contributed by atoms with Gasteiger partial charge >= 0.3 is 0 Å². The molecule has 1 atom stereocenters. The quantitative estimate of drug-likeness (QED) is 0.257. The van der Waals surface area contributed by atoms with E-state index in [4.69, 9.17) is 23.2 Å². The lowest BCUT2D eigenvalue weighted by atomic mass is 10.0. The first kappa shape index (κ1) is 29.4. The molecule has 0 spiro atoms. The molecule has 0 saturated carbocycles. The second-order valence-electron chi connectivity index (χ2n) is 10.3. The molecular formula is C30H20Cl2F2N10O2. The molecule has 0 aliphatic rings. The van der Waals surface area contributed by atoms with Crippen molar-refractivity contribution < 1.29 is 18.7 Å². The van der Waals surface area contributed by atoms with Gasteiger partial charge in [0.25, 0.3) is 0 Å². The summed E-state index contributed by atoms with van der Waals surface area (Å²) < 4.78 is 34.6. The Morgan fingerprint density at radius 1 is 0.761 bits per heavy atom. The number of fused-ring (bicyclic) bond motifs is 4. The average Bonchev–Trinajstić information content (AvgIpc) is 3.82. The van der Waals surface area contributed by atoms with Crippen LogP contribution in [0.1, 0.15) is 33.4 Å². The Labute approximate surface area is 267 Å². The van der Waals surface area contributed by atoms with Crippen LogP contribution >= 0.6 is 23.2 Å². The Morgan fingerprint density at radius 3 is 2.00 bits per heavy atom. The molecule has 1 N–H and O–H groups in total. The lowest BCUT2D eigenvalue weighted by Gasteiger charge is -2.12. The first-order valence-electron chi connectivity index (χ1n) is 13.5. The number of hydrogen-bond acceptors (Lipinski definition) is 8. The number of carbonyl (C=O) groups is 1. The van der Waals surface area contributed by atoms with Crippen LogP contribution in [0.15, 0.2) is 73.3 Å². The van der Waals surface area contributed by atoms with E-state index in [9.17, 15) is 18.7 Å². The summed E-state index contributed by atoms with van der Waals surface area (Å²) >= 11 is 11.7. The molecule has 0 bridgehead atoms. The van der Waals surface area contributed by atoms with E-state index in [2.05, 4.69) is 30.4 Å². The van der Waals surface area contributed by atoms with Crippen LogP contribution in [0.25, 0.3) is 33.1 Å². The molecule has 0 radical (unpaired) electrons. The van der Waals surface area contributed by atoms with Crippen molar-refractivity contribution in [1.29, 1.82) is 0 Å². The number of carbonyl (C=O) groups excluding carboxylic acids is 1. The molecule has 0 saturated heterocycles. The van der Waals surface area contributed by atoms with Crippen molar-refractivity contribution in [3.63, 3.8) is 0 Å². The maximum Gasteiger partial charge on any atom is 0.216 e. The van der Waals surface area contributed by atoms with Gasteiger partial charge in [0, 0.05) is 42.6 Å². The molecule has 16 heteroatoms. The SMILES string of the molecule is Cn1ncc2cc(C(=O)c3cnc4ccc(Cl)nn34)c(F)cc21.Cn1ncc2cc(C(O)c3cnc4ccc(Cl)nn34)c(F)cc21. The van der Waals surface area contributed by atoms with Crippen molar-refractivity contribution in [2.75, 3.05) is 0 Å². The Morgan fingerprint density at radius 2 is 1.33 bits per heavy atom. The highest BCUT2D eigenvalue weighted by atomic mass is 35.5. The van der Waals surface area contributed by atoms with Crippen molar-refractivity contribution >= 4 is 62.1 Å². The third kappa shape index (κ3) is 5.01. The van der Waals surface area contributed by atoms with Crippen molar-refractivity contribution in [1.82, 2.24) is 48.8 Å². The van der Waals surface area contributed by atoms with Crippen LogP contribution in [-0.2, 0) is 14.1 Å². The fourth-order valence-electron chi connectivity index (χ4n) is 5.11. The highest BCUT2D eigenvalue weighted by molar-refractivity contribution is 6.29. The van der Waals surface area contributed by atoms with E-state index in [0.29, 0.717) is 33.4 Å². The molecule has 0 fully saturated rings. The van der Waals surface area contributed by atoms with Crippen molar-refractivity contribution in [3.05, 3.63) is 118 Å². The van der Waals surface area contributed by atoms with E-state index < -0.39 is 23.5 Å². The molecule has 8 aromatic rings. The van der Waals surface area contributed by atoms with Crippen molar-refractivity contribution in [2.24, 2.45) is 14.1 Å². The van der Waals surface area contributed by atoms with Gasteiger partial charge in [-0.1, -0.05) is 23.2 Å². The molecule has 46 heavy (non-hydrogen) atoms. The van der Waals surface area contributed by atoms with Gasteiger partial charge in [-0.15, -0.1) is 0 Å². The van der Waals surface area contributed by atoms with Crippen LogP contribution in [0.2, 0.25) is 10.3 Å². The highest BCUT2D eigenvalue weighted by Gasteiger charge is 2.22. The number of benzene rings is 2. The van der Waals surface area contributed by atoms with Gasteiger partial charge in [-0.3, -0.25) is 14.2 Å². The van der Waals surface area contributed by atoms with Crippen LogP contribution in [0.3, 0.4) is 0 Å². The molecule has 230 valence electrons. The number of ketones is 1. The lowest BCUT2D eigenvalue weighted by Crippen LogP contribution is -2.09. The molecule has 6 heterocycles.